The summed E-state index contributed by atoms with van der Waals surface area (Å²) in [5.74, 6) is 1.91. The normalized spacial score (nSPS) is 11.7. The van der Waals surface area contributed by atoms with E-state index in [0.29, 0.717) is 17.5 Å². The zero-order chi connectivity index (χ0) is 38.9. The maximum Gasteiger partial charge on any atom is 0.164 e. The molecule has 0 radical (unpaired) electrons. The molecule has 2 heterocycles. The lowest BCUT2D eigenvalue weighted by Crippen LogP contribution is -2.00. The fourth-order valence-electron chi connectivity index (χ4n) is 8.94. The lowest BCUT2D eigenvalue weighted by atomic mass is 9.90. The van der Waals surface area contributed by atoms with Crippen LogP contribution in [-0.4, -0.2) is 15.0 Å². The number of fused-ring (bicyclic) bond motifs is 11. The van der Waals surface area contributed by atoms with Gasteiger partial charge in [0.25, 0.3) is 0 Å². The van der Waals surface area contributed by atoms with Gasteiger partial charge in [0.05, 0.1) is 0 Å². The summed E-state index contributed by atoms with van der Waals surface area (Å²) in [5, 5.41) is 12.0. The summed E-state index contributed by atoms with van der Waals surface area (Å²) in [6, 6.07) is 70.5. The smallest absolute Gasteiger partial charge is 0.164 e. The van der Waals surface area contributed by atoms with Gasteiger partial charge in [-0.3, -0.25) is 0 Å². The fraction of sp³-hybridized carbons (Fsp3) is 0. The average molecular weight is 752 g/mol. The maximum atomic E-state index is 6.77. The standard InChI is InChI=1S/C55H33N3O/c1-3-14-35(15-4-1)53-56-54(36-16-5-2-6-17-36)58-55(57-53)37-28-26-34(27-29-37)39-24-13-25-50-51(39)49-33-47(44-22-11-12-23-46(44)52(49)59-50)38-30-31-45-42-20-8-7-18-40(42)41-19-9-10-21-43(41)48(45)32-38/h1-33H. The molecule has 10 aromatic carbocycles. The number of nitrogens with zero attached hydrogens (tertiary/aromatic N) is 3. The van der Waals surface area contributed by atoms with Crippen LogP contribution in [0.2, 0.25) is 0 Å². The van der Waals surface area contributed by atoms with Gasteiger partial charge in [0, 0.05) is 32.8 Å². The maximum absolute atomic E-state index is 6.77. The van der Waals surface area contributed by atoms with Gasteiger partial charge in [-0.25, -0.2) is 15.0 Å². The topological polar surface area (TPSA) is 51.8 Å². The van der Waals surface area contributed by atoms with Crippen LogP contribution in [0.25, 0.3) is 121 Å². The summed E-state index contributed by atoms with van der Waals surface area (Å²) in [4.78, 5) is 14.8. The molecule has 0 saturated carbocycles. The fourth-order valence-corrected chi connectivity index (χ4v) is 8.94. The Morgan fingerprint density at radius 2 is 0.729 bits per heavy atom. The molecule has 0 amide bonds. The first-order valence-corrected chi connectivity index (χ1v) is 19.9. The van der Waals surface area contributed by atoms with Crippen LogP contribution in [0.4, 0.5) is 0 Å². The van der Waals surface area contributed by atoms with Crippen LogP contribution in [-0.2, 0) is 0 Å². The van der Waals surface area contributed by atoms with Crippen molar-refractivity contribution in [2.24, 2.45) is 0 Å². The third kappa shape index (κ3) is 5.42. The Balaban J connectivity index is 1.02. The molecule has 4 nitrogen and oxygen atoms in total. The lowest BCUT2D eigenvalue weighted by Gasteiger charge is -2.13. The van der Waals surface area contributed by atoms with E-state index in [0.717, 1.165) is 60.5 Å². The Labute approximate surface area is 339 Å². The molecule has 12 rings (SSSR count). The van der Waals surface area contributed by atoms with E-state index in [2.05, 4.69) is 140 Å². The van der Waals surface area contributed by atoms with Crippen molar-refractivity contribution >= 4 is 65.0 Å². The molecule has 4 heteroatoms. The molecule has 12 aromatic rings. The molecule has 0 fully saturated rings. The quantitative estimate of drug-likeness (QED) is 0.164. The van der Waals surface area contributed by atoms with E-state index in [1.54, 1.807) is 0 Å². The summed E-state index contributed by atoms with van der Waals surface area (Å²) >= 11 is 0. The van der Waals surface area contributed by atoms with Crippen LogP contribution in [0.15, 0.2) is 205 Å². The van der Waals surface area contributed by atoms with Gasteiger partial charge in [-0.2, -0.15) is 0 Å². The molecule has 0 bridgehead atoms. The van der Waals surface area contributed by atoms with Crippen molar-refractivity contribution in [1.29, 1.82) is 0 Å². The summed E-state index contributed by atoms with van der Waals surface area (Å²) in [7, 11) is 0. The van der Waals surface area contributed by atoms with Crippen LogP contribution in [0.3, 0.4) is 0 Å². The Bertz CT molecular complexity index is 3500. The first-order chi connectivity index (χ1) is 29.2. The molecule has 274 valence electrons. The van der Waals surface area contributed by atoms with E-state index < -0.39 is 0 Å². The lowest BCUT2D eigenvalue weighted by molar-refractivity contribution is 0.673. The second-order valence-corrected chi connectivity index (χ2v) is 15.1. The third-order valence-corrected chi connectivity index (χ3v) is 11.7. The molecule has 0 spiro atoms. The van der Waals surface area contributed by atoms with Crippen LogP contribution in [0.1, 0.15) is 0 Å². The van der Waals surface area contributed by atoms with E-state index >= 15 is 0 Å². The van der Waals surface area contributed by atoms with Gasteiger partial charge in [0.15, 0.2) is 17.5 Å². The molecule has 0 aliphatic carbocycles. The molecule has 0 N–H and O–H groups in total. The first kappa shape index (κ1) is 33.2. The Kier molecular flexibility index (Phi) is 7.50. The van der Waals surface area contributed by atoms with Crippen LogP contribution in [0, 0.1) is 0 Å². The summed E-state index contributed by atoms with van der Waals surface area (Å²) < 4.78 is 6.77. The minimum atomic E-state index is 0.628. The van der Waals surface area contributed by atoms with Gasteiger partial charge in [0.2, 0.25) is 0 Å². The first-order valence-electron chi connectivity index (χ1n) is 19.9. The molecule has 59 heavy (non-hydrogen) atoms. The van der Waals surface area contributed by atoms with E-state index in [1.807, 2.05) is 60.7 Å². The Morgan fingerprint density at radius 1 is 0.271 bits per heavy atom. The highest BCUT2D eigenvalue weighted by atomic mass is 16.3. The highest BCUT2D eigenvalue weighted by molar-refractivity contribution is 6.27. The summed E-state index contributed by atoms with van der Waals surface area (Å²) in [6.45, 7) is 0. The monoisotopic (exact) mass is 751 g/mol. The molecule has 0 aliphatic rings. The number of furan rings is 1. The van der Waals surface area contributed by atoms with Gasteiger partial charge in [-0.15, -0.1) is 0 Å². The van der Waals surface area contributed by atoms with E-state index in [-0.39, 0.29) is 0 Å². The number of hydrogen-bond donors (Lipinski definition) is 0. The summed E-state index contributed by atoms with van der Waals surface area (Å²) in [6.07, 6.45) is 0. The van der Waals surface area contributed by atoms with Crippen molar-refractivity contribution in [2.45, 2.75) is 0 Å². The molecule has 2 aromatic heterocycles. The van der Waals surface area contributed by atoms with Crippen molar-refractivity contribution < 1.29 is 4.42 Å². The van der Waals surface area contributed by atoms with Gasteiger partial charge < -0.3 is 4.42 Å². The zero-order valence-electron chi connectivity index (χ0n) is 31.8. The van der Waals surface area contributed by atoms with Gasteiger partial charge >= 0.3 is 0 Å². The van der Waals surface area contributed by atoms with Crippen LogP contribution < -0.4 is 0 Å². The number of benzene rings is 10. The minimum Gasteiger partial charge on any atom is -0.455 e. The summed E-state index contributed by atoms with van der Waals surface area (Å²) in [5.41, 5.74) is 9.11. The third-order valence-electron chi connectivity index (χ3n) is 11.7. The second-order valence-electron chi connectivity index (χ2n) is 15.1. The molecular weight excluding hydrogens is 719 g/mol. The minimum absolute atomic E-state index is 0.628. The van der Waals surface area contributed by atoms with E-state index in [4.69, 9.17) is 19.4 Å². The van der Waals surface area contributed by atoms with Crippen molar-refractivity contribution in [3.05, 3.63) is 200 Å². The van der Waals surface area contributed by atoms with Crippen LogP contribution >= 0.6 is 0 Å². The second kappa shape index (κ2) is 13.3. The molecule has 0 atom stereocenters. The number of hydrogen-bond acceptors (Lipinski definition) is 4. The largest absolute Gasteiger partial charge is 0.455 e. The van der Waals surface area contributed by atoms with Gasteiger partial charge in [-0.1, -0.05) is 182 Å². The molecular formula is C55H33N3O. The molecule has 0 aliphatic heterocycles. The zero-order valence-corrected chi connectivity index (χ0v) is 31.8. The van der Waals surface area contributed by atoms with Gasteiger partial charge in [-0.05, 0) is 78.2 Å². The predicted molar refractivity (Wildman–Crippen MR) is 244 cm³/mol. The highest BCUT2D eigenvalue weighted by Crippen LogP contribution is 2.44. The van der Waals surface area contributed by atoms with Crippen molar-refractivity contribution in [3.8, 4) is 56.4 Å². The predicted octanol–water partition coefficient (Wildman–Crippen LogP) is 14.7. The Hall–Kier alpha value is -7.95. The SMILES string of the molecule is c1ccc(-c2nc(-c3ccccc3)nc(-c3ccc(-c4cccc5oc6c7ccccc7c(-c7ccc8c9ccccc9c9ccccc9c8c7)cc6c45)cc3)n2)cc1. The van der Waals surface area contributed by atoms with E-state index in [9.17, 15) is 0 Å². The molecule has 0 saturated heterocycles. The van der Waals surface area contributed by atoms with Crippen molar-refractivity contribution in [1.82, 2.24) is 15.0 Å². The van der Waals surface area contributed by atoms with E-state index in [1.165, 1.54) is 43.4 Å². The average Bonchev–Trinajstić information content (AvgIpc) is 3.71. The number of aromatic nitrogens is 3. The van der Waals surface area contributed by atoms with Crippen molar-refractivity contribution in [3.63, 3.8) is 0 Å². The van der Waals surface area contributed by atoms with Crippen LogP contribution in [0.5, 0.6) is 0 Å². The Morgan fingerprint density at radius 3 is 1.32 bits per heavy atom. The van der Waals surface area contributed by atoms with Gasteiger partial charge in [0.1, 0.15) is 11.2 Å². The molecule has 0 unspecified atom stereocenters. The number of rotatable bonds is 5. The van der Waals surface area contributed by atoms with Crippen molar-refractivity contribution in [2.75, 3.05) is 0 Å². The highest BCUT2D eigenvalue weighted by Gasteiger charge is 2.19.